The van der Waals surface area contributed by atoms with Crippen molar-refractivity contribution in [2.75, 3.05) is 19.7 Å². The zero-order chi connectivity index (χ0) is 14.0. The Kier molecular flexibility index (Phi) is 3.80. The zero-order valence-corrected chi connectivity index (χ0v) is 11.9. The molecule has 2 heterocycles. The molecule has 0 aliphatic carbocycles. The lowest BCUT2D eigenvalue weighted by Gasteiger charge is -2.33. The number of ether oxygens (including phenoxy) is 2. The summed E-state index contributed by atoms with van der Waals surface area (Å²) >= 11 is 0. The van der Waals surface area contributed by atoms with Crippen LogP contribution in [0.2, 0.25) is 0 Å². The van der Waals surface area contributed by atoms with Crippen LogP contribution in [-0.2, 0) is 9.47 Å². The quantitative estimate of drug-likeness (QED) is 0.845. The molecular weight excluding hydrogens is 246 g/mol. The Morgan fingerprint density at radius 1 is 1.58 bits per heavy atom. The minimum atomic E-state index is -0.480. The van der Waals surface area contributed by atoms with Crippen LogP contribution >= 0.6 is 0 Å². The molecule has 6 nitrogen and oxygen atoms in total. The number of carbonyl (C=O) groups excluding carboxylic acids is 1. The number of amides is 1. The third kappa shape index (κ3) is 3.70. The van der Waals surface area contributed by atoms with Crippen molar-refractivity contribution in [1.82, 2.24) is 14.9 Å². The summed E-state index contributed by atoms with van der Waals surface area (Å²) in [6, 6.07) is 0. The van der Waals surface area contributed by atoms with E-state index in [0.29, 0.717) is 19.7 Å². The third-order valence-electron chi connectivity index (χ3n) is 2.75. The van der Waals surface area contributed by atoms with E-state index in [1.54, 1.807) is 11.1 Å². The van der Waals surface area contributed by atoms with Gasteiger partial charge in [-0.15, -0.1) is 0 Å². The minimum Gasteiger partial charge on any atom is -0.444 e. The number of aromatic nitrogens is 2. The Bertz CT molecular complexity index is 450. The zero-order valence-electron chi connectivity index (χ0n) is 11.9. The molecule has 1 aromatic rings. The van der Waals surface area contributed by atoms with Crippen LogP contribution in [0.25, 0.3) is 0 Å². The van der Waals surface area contributed by atoms with Crippen LogP contribution in [0.4, 0.5) is 4.79 Å². The number of nitrogens with one attached hydrogen (secondary N) is 1. The van der Waals surface area contributed by atoms with E-state index in [1.807, 2.05) is 27.7 Å². The fourth-order valence-corrected chi connectivity index (χ4v) is 1.90. The highest BCUT2D eigenvalue weighted by Gasteiger charge is 2.30. The van der Waals surface area contributed by atoms with Crippen LogP contribution in [0.5, 0.6) is 0 Å². The van der Waals surface area contributed by atoms with Crippen molar-refractivity contribution in [3.05, 3.63) is 17.7 Å². The number of morpholine rings is 1. The summed E-state index contributed by atoms with van der Waals surface area (Å²) in [7, 11) is 0. The van der Waals surface area contributed by atoms with Crippen molar-refractivity contribution in [3.63, 3.8) is 0 Å². The first-order valence-electron chi connectivity index (χ1n) is 6.46. The molecule has 0 bridgehead atoms. The molecule has 6 heteroatoms. The molecule has 1 aromatic heterocycles. The first-order chi connectivity index (χ1) is 8.85. The third-order valence-corrected chi connectivity index (χ3v) is 2.75. The average Bonchev–Trinajstić information content (AvgIpc) is 2.74. The molecule has 19 heavy (non-hydrogen) atoms. The van der Waals surface area contributed by atoms with E-state index in [9.17, 15) is 4.79 Å². The molecule has 0 aromatic carbocycles. The van der Waals surface area contributed by atoms with Gasteiger partial charge in [-0.3, -0.25) is 0 Å². The van der Waals surface area contributed by atoms with Crippen LogP contribution in [-0.4, -0.2) is 46.3 Å². The second kappa shape index (κ2) is 5.21. The van der Waals surface area contributed by atoms with Crippen molar-refractivity contribution in [2.24, 2.45) is 0 Å². The van der Waals surface area contributed by atoms with Gasteiger partial charge in [0, 0.05) is 18.4 Å². The van der Waals surface area contributed by atoms with Gasteiger partial charge in [0.05, 0.1) is 13.2 Å². The number of carbonyl (C=O) groups is 1. The topological polar surface area (TPSA) is 67.5 Å². The molecule has 1 fully saturated rings. The van der Waals surface area contributed by atoms with Crippen molar-refractivity contribution < 1.29 is 14.3 Å². The molecule has 1 unspecified atom stereocenters. The standard InChI is InChI=1S/C13H21N3O3/c1-9-7-14-11(15-9)10-8-16(5-6-18-10)12(17)19-13(2,3)4/h7,10H,5-6,8H2,1-4H3,(H,14,15). The summed E-state index contributed by atoms with van der Waals surface area (Å²) in [5.74, 6) is 0.755. The molecule has 1 amide bonds. The number of nitrogens with zero attached hydrogens (tertiary/aromatic N) is 2. The van der Waals surface area contributed by atoms with Crippen molar-refractivity contribution in [1.29, 1.82) is 0 Å². The lowest BCUT2D eigenvalue weighted by molar-refractivity contribution is -0.0460. The maximum Gasteiger partial charge on any atom is 0.410 e. The molecule has 2 rings (SSSR count). The molecule has 1 aliphatic rings. The molecule has 106 valence electrons. The summed E-state index contributed by atoms with van der Waals surface area (Å²) in [5, 5.41) is 0. The number of imidazole rings is 1. The van der Waals surface area contributed by atoms with Crippen LogP contribution in [0.1, 0.15) is 38.4 Å². The predicted octanol–water partition coefficient (Wildman–Crippen LogP) is 2.03. The van der Waals surface area contributed by atoms with E-state index in [2.05, 4.69) is 9.97 Å². The van der Waals surface area contributed by atoms with Crippen molar-refractivity contribution in [2.45, 2.75) is 39.4 Å². The van der Waals surface area contributed by atoms with E-state index in [0.717, 1.165) is 11.5 Å². The molecule has 1 aliphatic heterocycles. The maximum absolute atomic E-state index is 12.0. The second-order valence-corrected chi connectivity index (χ2v) is 5.74. The van der Waals surface area contributed by atoms with Crippen LogP contribution in [0.15, 0.2) is 6.20 Å². The largest absolute Gasteiger partial charge is 0.444 e. The second-order valence-electron chi connectivity index (χ2n) is 5.74. The predicted molar refractivity (Wildman–Crippen MR) is 69.8 cm³/mol. The molecule has 0 radical (unpaired) electrons. The number of hydrogen-bond acceptors (Lipinski definition) is 4. The fourth-order valence-electron chi connectivity index (χ4n) is 1.90. The summed E-state index contributed by atoms with van der Waals surface area (Å²) in [5.41, 5.74) is 0.500. The summed E-state index contributed by atoms with van der Waals surface area (Å²) in [6.45, 7) is 9.01. The minimum absolute atomic E-state index is 0.213. The number of rotatable bonds is 1. The lowest BCUT2D eigenvalue weighted by atomic mass is 10.2. The van der Waals surface area contributed by atoms with Gasteiger partial charge in [-0.1, -0.05) is 0 Å². The molecule has 1 atom stereocenters. The van der Waals surface area contributed by atoms with Crippen LogP contribution < -0.4 is 0 Å². The average molecular weight is 267 g/mol. The van der Waals surface area contributed by atoms with Crippen LogP contribution in [0, 0.1) is 6.92 Å². The van der Waals surface area contributed by atoms with Crippen molar-refractivity contribution >= 4 is 6.09 Å². The van der Waals surface area contributed by atoms with Gasteiger partial charge in [0.1, 0.15) is 17.5 Å². The molecule has 0 spiro atoms. The van der Waals surface area contributed by atoms with Gasteiger partial charge in [0.25, 0.3) is 0 Å². The summed E-state index contributed by atoms with van der Waals surface area (Å²) < 4.78 is 11.0. The van der Waals surface area contributed by atoms with Gasteiger partial charge in [-0.2, -0.15) is 0 Å². The maximum atomic E-state index is 12.0. The number of aromatic amines is 1. The summed E-state index contributed by atoms with van der Waals surface area (Å²) in [4.78, 5) is 21.1. The van der Waals surface area contributed by atoms with Crippen LogP contribution in [0.3, 0.4) is 0 Å². The molecule has 1 saturated heterocycles. The monoisotopic (exact) mass is 267 g/mol. The number of hydrogen-bond donors (Lipinski definition) is 1. The Morgan fingerprint density at radius 3 is 2.89 bits per heavy atom. The highest BCUT2D eigenvalue weighted by molar-refractivity contribution is 5.68. The molecular formula is C13H21N3O3. The summed E-state index contributed by atoms with van der Waals surface area (Å²) in [6.07, 6.45) is 1.24. The lowest BCUT2D eigenvalue weighted by Crippen LogP contribution is -2.44. The van der Waals surface area contributed by atoms with E-state index in [4.69, 9.17) is 9.47 Å². The Balaban J connectivity index is 1.99. The van der Waals surface area contributed by atoms with E-state index < -0.39 is 5.60 Å². The molecule has 1 N–H and O–H groups in total. The van der Waals surface area contributed by atoms with Gasteiger partial charge < -0.3 is 19.4 Å². The van der Waals surface area contributed by atoms with E-state index in [-0.39, 0.29) is 12.2 Å². The van der Waals surface area contributed by atoms with E-state index >= 15 is 0 Å². The van der Waals surface area contributed by atoms with Gasteiger partial charge in [0.15, 0.2) is 0 Å². The van der Waals surface area contributed by atoms with Crippen molar-refractivity contribution in [3.8, 4) is 0 Å². The number of H-pyrrole nitrogens is 1. The van der Waals surface area contributed by atoms with Gasteiger partial charge in [-0.25, -0.2) is 9.78 Å². The Morgan fingerprint density at radius 2 is 2.32 bits per heavy atom. The highest BCUT2D eigenvalue weighted by atomic mass is 16.6. The first-order valence-corrected chi connectivity index (χ1v) is 6.46. The molecule has 0 saturated carbocycles. The number of aryl methyl sites for hydroxylation is 1. The fraction of sp³-hybridized carbons (Fsp3) is 0.692. The van der Waals surface area contributed by atoms with Gasteiger partial charge in [-0.05, 0) is 27.7 Å². The highest BCUT2D eigenvalue weighted by Crippen LogP contribution is 2.21. The smallest absolute Gasteiger partial charge is 0.410 e. The Labute approximate surface area is 113 Å². The van der Waals surface area contributed by atoms with Gasteiger partial charge >= 0.3 is 6.09 Å². The normalized spacial score (nSPS) is 20.4. The van der Waals surface area contributed by atoms with E-state index in [1.165, 1.54) is 0 Å². The Hall–Kier alpha value is -1.56. The van der Waals surface area contributed by atoms with Gasteiger partial charge in [0.2, 0.25) is 0 Å². The first kappa shape index (κ1) is 13.9. The SMILES string of the molecule is Cc1cnc(C2CN(C(=O)OC(C)(C)C)CCO2)[nH]1.